The van der Waals surface area contributed by atoms with Crippen LogP contribution in [0.15, 0.2) is 30.3 Å². The summed E-state index contributed by atoms with van der Waals surface area (Å²) in [5, 5.41) is 9.12. The molecule has 2 N–H and O–H groups in total. The van der Waals surface area contributed by atoms with E-state index in [0.717, 1.165) is 0 Å². The van der Waals surface area contributed by atoms with Crippen LogP contribution in [0.4, 0.5) is 0 Å². The van der Waals surface area contributed by atoms with Crippen molar-refractivity contribution in [1.82, 2.24) is 0 Å². The molecule has 0 aliphatic heterocycles. The first-order valence-electron chi connectivity index (χ1n) is 5.17. The van der Waals surface area contributed by atoms with Gasteiger partial charge in [0.25, 0.3) is 0 Å². The van der Waals surface area contributed by atoms with Gasteiger partial charge in [-0.2, -0.15) is 0 Å². The van der Waals surface area contributed by atoms with Crippen molar-refractivity contribution < 1.29 is 19.1 Å². The predicted molar refractivity (Wildman–Crippen MR) is 62.9 cm³/mol. The number of rotatable bonds is 4. The van der Waals surface area contributed by atoms with Gasteiger partial charge >= 0.3 is 8.25 Å². The van der Waals surface area contributed by atoms with Crippen molar-refractivity contribution in [2.45, 2.75) is 33.0 Å². The zero-order valence-corrected chi connectivity index (χ0v) is 10.4. The van der Waals surface area contributed by atoms with E-state index in [2.05, 4.69) is 18.4 Å². The molecule has 0 spiro atoms. The van der Waals surface area contributed by atoms with Crippen LogP contribution in [0, 0.1) is 0 Å². The topological polar surface area (TPSA) is 66.8 Å². The number of unbranched alkanes of at least 4 members (excludes halogenated alkanes) is 1. The second kappa shape index (κ2) is 9.43. The molecule has 0 fully saturated rings. The molecule has 0 heterocycles. The van der Waals surface area contributed by atoms with E-state index in [9.17, 15) is 4.57 Å². The molecule has 0 aromatic heterocycles. The van der Waals surface area contributed by atoms with E-state index in [1.807, 2.05) is 0 Å². The molecule has 4 nitrogen and oxygen atoms in total. The number of benzene rings is 1. The summed E-state index contributed by atoms with van der Waals surface area (Å²) in [6, 6.07) is 8.38. The molecule has 0 bridgehead atoms. The van der Waals surface area contributed by atoms with Crippen molar-refractivity contribution in [3.63, 3.8) is 0 Å². The van der Waals surface area contributed by atoms with Gasteiger partial charge in [0, 0.05) is 10.1 Å². The van der Waals surface area contributed by atoms with Crippen LogP contribution in [-0.4, -0.2) is 10.00 Å². The standard InChI is InChI=1S/C7H7O4P.C4H10/c8-7(11-12(9)10)6-4-2-1-3-5-6;1-3-4-2/h1-5,7-8H;3-4H2,1-2H3/p+1. The van der Waals surface area contributed by atoms with Crippen molar-refractivity contribution in [2.24, 2.45) is 0 Å². The molecular weight excluding hydrogens is 227 g/mol. The number of aliphatic hydroxyl groups excluding tert-OH is 1. The van der Waals surface area contributed by atoms with Gasteiger partial charge in [0.1, 0.15) is 0 Å². The molecule has 90 valence electrons. The molecular formula is C11H18O4P+. The molecule has 0 saturated carbocycles. The van der Waals surface area contributed by atoms with Crippen molar-refractivity contribution >= 4 is 8.25 Å². The van der Waals surface area contributed by atoms with Crippen molar-refractivity contribution in [1.29, 1.82) is 0 Å². The third kappa shape index (κ3) is 7.49. The van der Waals surface area contributed by atoms with Gasteiger partial charge in [0.05, 0.1) is 0 Å². The maximum atomic E-state index is 10.1. The molecule has 0 aliphatic rings. The second-order valence-corrected chi connectivity index (χ2v) is 3.79. The Bertz CT molecular complexity index is 287. The van der Waals surface area contributed by atoms with Gasteiger partial charge in [-0.25, -0.2) is 0 Å². The van der Waals surface area contributed by atoms with Crippen molar-refractivity contribution in [3.05, 3.63) is 35.9 Å². The molecule has 1 aromatic rings. The Balaban J connectivity index is 0.000000487. The highest BCUT2D eigenvalue weighted by atomic mass is 31.1. The van der Waals surface area contributed by atoms with Crippen LogP contribution in [0.1, 0.15) is 38.5 Å². The minimum Gasteiger partial charge on any atom is -0.361 e. The molecule has 1 aromatic carbocycles. The van der Waals surface area contributed by atoms with Crippen LogP contribution in [0.3, 0.4) is 0 Å². The summed E-state index contributed by atoms with van der Waals surface area (Å²) < 4.78 is 14.4. The molecule has 0 saturated heterocycles. The monoisotopic (exact) mass is 245 g/mol. The summed E-state index contributed by atoms with van der Waals surface area (Å²) in [6.45, 7) is 4.36. The summed E-state index contributed by atoms with van der Waals surface area (Å²) in [5.41, 5.74) is 0.454. The van der Waals surface area contributed by atoms with Crippen LogP contribution in [0.2, 0.25) is 0 Å². The zero-order valence-electron chi connectivity index (χ0n) is 9.54. The summed E-state index contributed by atoms with van der Waals surface area (Å²) in [4.78, 5) is 8.31. The first kappa shape index (κ1) is 15.2. The minimum atomic E-state index is -2.76. The van der Waals surface area contributed by atoms with Gasteiger partial charge in [0.15, 0.2) is 0 Å². The molecule has 1 rings (SSSR count). The quantitative estimate of drug-likeness (QED) is 0.631. The molecule has 0 amide bonds. The lowest BCUT2D eigenvalue weighted by molar-refractivity contribution is -0.0207. The molecule has 0 radical (unpaired) electrons. The fourth-order valence-corrected chi connectivity index (χ4v) is 1.06. The van der Waals surface area contributed by atoms with E-state index in [1.165, 1.54) is 12.8 Å². The maximum Gasteiger partial charge on any atom is 0.697 e. The third-order valence-corrected chi connectivity index (χ3v) is 2.15. The van der Waals surface area contributed by atoms with Gasteiger partial charge in [-0.1, -0.05) is 61.5 Å². The highest BCUT2D eigenvalue weighted by Gasteiger charge is 2.21. The highest BCUT2D eigenvalue weighted by Crippen LogP contribution is 2.25. The lowest BCUT2D eigenvalue weighted by Crippen LogP contribution is -1.96. The van der Waals surface area contributed by atoms with Crippen LogP contribution in [-0.2, 0) is 9.09 Å². The molecule has 2 unspecified atom stereocenters. The van der Waals surface area contributed by atoms with Crippen molar-refractivity contribution in [2.75, 3.05) is 0 Å². The minimum absolute atomic E-state index is 0.454. The fourth-order valence-electron chi connectivity index (χ4n) is 0.764. The Morgan fingerprint density at radius 1 is 1.25 bits per heavy atom. The summed E-state index contributed by atoms with van der Waals surface area (Å²) in [5.74, 6) is 0. The van der Waals surface area contributed by atoms with Crippen LogP contribution >= 0.6 is 8.25 Å². The normalized spacial score (nSPS) is 12.4. The Kier molecular flexibility index (Phi) is 8.96. The average molecular weight is 245 g/mol. The molecule has 2 atom stereocenters. The molecule has 0 aliphatic carbocycles. The fraction of sp³-hybridized carbons (Fsp3) is 0.455. The predicted octanol–water partition coefficient (Wildman–Crippen LogP) is 3.15. The summed E-state index contributed by atoms with van der Waals surface area (Å²) in [7, 11) is -2.76. The highest BCUT2D eigenvalue weighted by molar-refractivity contribution is 7.32. The Morgan fingerprint density at radius 2 is 1.75 bits per heavy atom. The van der Waals surface area contributed by atoms with Crippen LogP contribution in [0.5, 0.6) is 0 Å². The smallest absolute Gasteiger partial charge is 0.361 e. The Hall–Kier alpha value is -0.800. The van der Waals surface area contributed by atoms with E-state index in [0.29, 0.717) is 5.56 Å². The SMILES string of the molecule is CCCC.O=[P+](O)OC(O)c1ccccc1. The van der Waals surface area contributed by atoms with E-state index in [-0.39, 0.29) is 0 Å². The van der Waals surface area contributed by atoms with Crippen LogP contribution < -0.4 is 0 Å². The van der Waals surface area contributed by atoms with Crippen LogP contribution in [0.25, 0.3) is 0 Å². The van der Waals surface area contributed by atoms with Gasteiger partial charge in [-0.3, -0.25) is 0 Å². The third-order valence-electron chi connectivity index (χ3n) is 1.77. The van der Waals surface area contributed by atoms with E-state index in [1.54, 1.807) is 30.3 Å². The zero-order chi connectivity index (χ0) is 12.4. The molecule has 16 heavy (non-hydrogen) atoms. The number of hydrogen-bond donors (Lipinski definition) is 2. The van der Waals surface area contributed by atoms with E-state index < -0.39 is 14.5 Å². The first-order valence-corrected chi connectivity index (χ1v) is 6.30. The summed E-state index contributed by atoms with van der Waals surface area (Å²) >= 11 is 0. The van der Waals surface area contributed by atoms with Gasteiger partial charge < -0.3 is 5.11 Å². The van der Waals surface area contributed by atoms with Gasteiger partial charge in [0.2, 0.25) is 6.29 Å². The van der Waals surface area contributed by atoms with Gasteiger partial charge in [-0.15, -0.1) is 4.89 Å². The van der Waals surface area contributed by atoms with Gasteiger partial charge in [-0.05, 0) is 0 Å². The summed E-state index contributed by atoms with van der Waals surface area (Å²) in [6.07, 6.45) is 1.31. The maximum absolute atomic E-state index is 10.1. The Labute approximate surface area is 96.8 Å². The van der Waals surface area contributed by atoms with Crippen molar-refractivity contribution in [3.8, 4) is 0 Å². The number of aliphatic hydroxyl groups is 1. The Morgan fingerprint density at radius 3 is 2.12 bits per heavy atom. The lowest BCUT2D eigenvalue weighted by Gasteiger charge is -2.01. The number of hydrogen-bond acceptors (Lipinski definition) is 3. The largest absolute Gasteiger partial charge is 0.697 e. The molecule has 5 heteroatoms. The second-order valence-electron chi connectivity index (χ2n) is 3.11. The van der Waals surface area contributed by atoms with E-state index >= 15 is 0 Å². The first-order chi connectivity index (χ1) is 7.61. The lowest BCUT2D eigenvalue weighted by atomic mass is 10.2. The average Bonchev–Trinajstić information content (AvgIpc) is 2.30. The van der Waals surface area contributed by atoms with E-state index in [4.69, 9.17) is 10.00 Å².